The number of nitrogens with zero attached hydrogens (tertiary/aromatic N) is 3. The van der Waals surface area contributed by atoms with E-state index in [0.717, 1.165) is 29.2 Å². The Morgan fingerprint density at radius 1 is 1.24 bits per heavy atom. The molecule has 1 aliphatic carbocycles. The molecule has 0 unspecified atom stereocenters. The maximum atomic E-state index is 12.5. The van der Waals surface area contributed by atoms with Gasteiger partial charge in [-0.1, -0.05) is 5.16 Å². The fraction of sp³-hybridized carbons (Fsp3) is 0.278. The van der Waals surface area contributed by atoms with Crippen LogP contribution in [0, 0.1) is 0 Å². The van der Waals surface area contributed by atoms with Crippen molar-refractivity contribution in [1.82, 2.24) is 10.1 Å². The van der Waals surface area contributed by atoms with Crippen LogP contribution in [0.1, 0.15) is 34.9 Å². The summed E-state index contributed by atoms with van der Waals surface area (Å²) in [4.78, 5) is 19.8. The van der Waals surface area contributed by atoms with E-state index in [0.29, 0.717) is 23.1 Å². The van der Waals surface area contributed by atoms with Crippen molar-refractivity contribution in [1.29, 1.82) is 0 Å². The molecule has 7 heteroatoms. The van der Waals surface area contributed by atoms with E-state index in [1.54, 1.807) is 0 Å². The minimum absolute atomic E-state index is 0.160. The third-order valence-corrected chi connectivity index (χ3v) is 5.04. The second kappa shape index (κ2) is 6.33. The van der Waals surface area contributed by atoms with Gasteiger partial charge in [0.2, 0.25) is 0 Å². The highest BCUT2D eigenvalue weighted by Crippen LogP contribution is 2.40. The summed E-state index contributed by atoms with van der Waals surface area (Å²) in [7, 11) is 3.93. The predicted molar refractivity (Wildman–Crippen MR) is 98.3 cm³/mol. The Balaban J connectivity index is 1.52. The minimum atomic E-state index is -0.160. The number of anilines is 2. The second-order valence-corrected chi connectivity index (χ2v) is 7.21. The van der Waals surface area contributed by atoms with Crippen LogP contribution in [0.4, 0.5) is 11.4 Å². The van der Waals surface area contributed by atoms with Crippen LogP contribution >= 0.6 is 11.3 Å². The number of benzene rings is 1. The first-order valence-corrected chi connectivity index (χ1v) is 9.00. The highest BCUT2D eigenvalue weighted by molar-refractivity contribution is 7.14. The lowest BCUT2D eigenvalue weighted by molar-refractivity contribution is 0.102. The van der Waals surface area contributed by atoms with Crippen molar-refractivity contribution in [2.45, 2.75) is 18.8 Å². The monoisotopic (exact) mass is 354 g/mol. The number of thiophene rings is 1. The van der Waals surface area contributed by atoms with Gasteiger partial charge in [-0.2, -0.15) is 4.98 Å². The molecule has 1 fully saturated rings. The summed E-state index contributed by atoms with van der Waals surface area (Å²) >= 11 is 1.47. The SMILES string of the molecule is CN(C)c1ccc(C(=O)Nc2ccsc2-c2nc(C3CC3)no2)cc1. The van der Waals surface area contributed by atoms with E-state index >= 15 is 0 Å². The number of rotatable bonds is 5. The Labute approximate surface area is 149 Å². The van der Waals surface area contributed by atoms with E-state index in [4.69, 9.17) is 4.52 Å². The van der Waals surface area contributed by atoms with Crippen molar-refractivity contribution >= 4 is 28.6 Å². The quantitative estimate of drug-likeness (QED) is 0.750. The molecule has 1 aromatic carbocycles. The lowest BCUT2D eigenvalue weighted by atomic mass is 10.2. The number of carbonyl (C=O) groups is 1. The highest BCUT2D eigenvalue weighted by Gasteiger charge is 2.29. The normalized spacial score (nSPS) is 13.7. The molecule has 1 aliphatic rings. The van der Waals surface area contributed by atoms with Gasteiger partial charge >= 0.3 is 0 Å². The van der Waals surface area contributed by atoms with Crippen molar-refractivity contribution in [3.63, 3.8) is 0 Å². The largest absolute Gasteiger partial charge is 0.378 e. The molecule has 0 radical (unpaired) electrons. The standard InChI is InChI=1S/C18H18N4O2S/c1-22(2)13-7-5-12(6-8-13)17(23)19-14-9-10-25-15(14)18-20-16(21-24-18)11-3-4-11/h5-11H,3-4H2,1-2H3,(H,19,23). The summed E-state index contributed by atoms with van der Waals surface area (Å²) < 4.78 is 5.37. The van der Waals surface area contributed by atoms with E-state index in [9.17, 15) is 4.79 Å². The molecule has 0 saturated heterocycles. The van der Waals surface area contributed by atoms with Gasteiger partial charge in [0.15, 0.2) is 5.82 Å². The topological polar surface area (TPSA) is 71.3 Å². The van der Waals surface area contributed by atoms with Crippen LogP contribution in [-0.2, 0) is 0 Å². The van der Waals surface area contributed by atoms with Gasteiger partial charge < -0.3 is 14.7 Å². The van der Waals surface area contributed by atoms with Crippen molar-refractivity contribution in [3.8, 4) is 10.8 Å². The lowest BCUT2D eigenvalue weighted by Crippen LogP contribution is -2.13. The van der Waals surface area contributed by atoms with Gasteiger partial charge in [0.1, 0.15) is 4.88 Å². The molecule has 4 rings (SSSR count). The van der Waals surface area contributed by atoms with E-state index < -0.39 is 0 Å². The number of aromatic nitrogens is 2. The molecule has 0 spiro atoms. The van der Waals surface area contributed by atoms with Gasteiger partial charge in [0.05, 0.1) is 5.69 Å². The van der Waals surface area contributed by atoms with Crippen molar-refractivity contribution in [3.05, 3.63) is 47.1 Å². The van der Waals surface area contributed by atoms with Gasteiger partial charge in [-0.15, -0.1) is 11.3 Å². The van der Waals surface area contributed by atoms with E-state index in [-0.39, 0.29) is 5.91 Å². The molecule has 3 aromatic rings. The zero-order valence-electron chi connectivity index (χ0n) is 14.0. The van der Waals surface area contributed by atoms with Gasteiger partial charge in [-0.05, 0) is 48.6 Å². The number of hydrogen-bond acceptors (Lipinski definition) is 6. The molecule has 0 bridgehead atoms. The Bertz CT molecular complexity index is 894. The van der Waals surface area contributed by atoms with Gasteiger partial charge in [0, 0.05) is 31.3 Å². The Kier molecular flexibility index (Phi) is 4.01. The van der Waals surface area contributed by atoms with Crippen LogP contribution in [-0.4, -0.2) is 30.1 Å². The fourth-order valence-corrected chi connectivity index (χ4v) is 3.28. The summed E-state index contributed by atoms with van der Waals surface area (Å²) in [6, 6.07) is 9.32. The predicted octanol–water partition coefficient (Wildman–Crippen LogP) is 3.99. The Morgan fingerprint density at radius 3 is 2.68 bits per heavy atom. The number of carbonyl (C=O) groups excluding carboxylic acids is 1. The van der Waals surface area contributed by atoms with Gasteiger partial charge in [-0.25, -0.2) is 0 Å². The maximum absolute atomic E-state index is 12.5. The summed E-state index contributed by atoms with van der Waals surface area (Å²) in [6.07, 6.45) is 2.24. The molecule has 1 amide bonds. The lowest BCUT2D eigenvalue weighted by Gasteiger charge is -2.12. The van der Waals surface area contributed by atoms with Crippen molar-refractivity contribution < 1.29 is 9.32 Å². The summed E-state index contributed by atoms with van der Waals surface area (Å²) in [6.45, 7) is 0. The summed E-state index contributed by atoms with van der Waals surface area (Å²) in [5.41, 5.74) is 2.34. The van der Waals surface area contributed by atoms with Crippen molar-refractivity contribution in [2.24, 2.45) is 0 Å². The zero-order chi connectivity index (χ0) is 17.4. The fourth-order valence-electron chi connectivity index (χ4n) is 2.51. The molecule has 6 nitrogen and oxygen atoms in total. The van der Waals surface area contributed by atoms with Crippen LogP contribution in [0.2, 0.25) is 0 Å². The molecular weight excluding hydrogens is 336 g/mol. The zero-order valence-corrected chi connectivity index (χ0v) is 14.8. The Morgan fingerprint density at radius 2 is 2.00 bits per heavy atom. The van der Waals surface area contributed by atoms with Crippen molar-refractivity contribution in [2.75, 3.05) is 24.3 Å². The van der Waals surface area contributed by atoms with E-state index in [1.807, 2.05) is 54.7 Å². The van der Waals surface area contributed by atoms with Gasteiger partial charge in [-0.3, -0.25) is 4.79 Å². The van der Waals surface area contributed by atoms with E-state index in [2.05, 4.69) is 15.5 Å². The van der Waals surface area contributed by atoms with Gasteiger partial charge in [0.25, 0.3) is 11.8 Å². The first-order chi connectivity index (χ1) is 12.1. The number of amides is 1. The molecule has 0 aliphatic heterocycles. The average Bonchev–Trinajstić information content (AvgIpc) is 3.16. The summed E-state index contributed by atoms with van der Waals surface area (Å²) in [5.74, 6) is 1.51. The summed E-state index contributed by atoms with van der Waals surface area (Å²) in [5, 5.41) is 8.88. The molecule has 1 N–H and O–H groups in total. The maximum Gasteiger partial charge on any atom is 0.270 e. The highest BCUT2D eigenvalue weighted by atomic mass is 32.1. The molecule has 0 atom stereocenters. The smallest absolute Gasteiger partial charge is 0.270 e. The molecule has 128 valence electrons. The number of nitrogens with one attached hydrogen (secondary N) is 1. The second-order valence-electron chi connectivity index (χ2n) is 6.29. The molecule has 1 saturated carbocycles. The third kappa shape index (κ3) is 3.28. The average molecular weight is 354 g/mol. The molecular formula is C18H18N4O2S. The van der Waals surface area contributed by atoms with Crippen LogP contribution < -0.4 is 10.2 Å². The van der Waals surface area contributed by atoms with Crippen LogP contribution in [0.15, 0.2) is 40.2 Å². The first-order valence-electron chi connectivity index (χ1n) is 8.12. The Hall–Kier alpha value is -2.67. The number of hydrogen-bond donors (Lipinski definition) is 1. The molecule has 25 heavy (non-hydrogen) atoms. The minimum Gasteiger partial charge on any atom is -0.378 e. The third-order valence-electron chi connectivity index (χ3n) is 4.14. The molecule has 2 heterocycles. The van der Waals surface area contributed by atoms with E-state index in [1.165, 1.54) is 11.3 Å². The van der Waals surface area contributed by atoms with Crippen LogP contribution in [0.25, 0.3) is 10.8 Å². The van der Waals surface area contributed by atoms with Crippen LogP contribution in [0.5, 0.6) is 0 Å². The van der Waals surface area contributed by atoms with Crippen LogP contribution in [0.3, 0.4) is 0 Å². The molecule has 2 aromatic heterocycles. The first kappa shape index (κ1) is 15.8.